The smallest absolute Gasteiger partial charge is 0.355 e. The summed E-state index contributed by atoms with van der Waals surface area (Å²) in [5.41, 5.74) is 0.861. The number of esters is 1. The van der Waals surface area contributed by atoms with Gasteiger partial charge in [0.05, 0.1) is 18.0 Å². The van der Waals surface area contributed by atoms with Crippen molar-refractivity contribution in [2.45, 2.75) is 46.1 Å². The zero-order valence-corrected chi connectivity index (χ0v) is 18.6. The van der Waals surface area contributed by atoms with Crippen molar-refractivity contribution in [3.8, 4) is 0 Å². The molecule has 0 aromatic carbocycles. The van der Waals surface area contributed by atoms with Crippen molar-refractivity contribution in [2.24, 2.45) is 0 Å². The van der Waals surface area contributed by atoms with Crippen molar-refractivity contribution in [1.82, 2.24) is 13.9 Å². The van der Waals surface area contributed by atoms with Gasteiger partial charge in [0.1, 0.15) is 5.69 Å². The first kappa shape index (κ1) is 23.6. The van der Waals surface area contributed by atoms with E-state index in [9.17, 15) is 22.8 Å². The number of sulfonamides is 1. The lowest BCUT2D eigenvalue weighted by molar-refractivity contribution is 0.0519. The molecule has 1 N–H and O–H groups in total. The molecular weight excluding hydrogens is 410 g/mol. The molecule has 164 valence electrons. The Balaban J connectivity index is 2.41. The average Bonchev–Trinajstić information content (AvgIpc) is 2.98. The molecule has 2 heterocycles. The highest BCUT2D eigenvalue weighted by Gasteiger charge is 2.25. The topological polar surface area (TPSA) is 119 Å². The number of aromatic amines is 1. The monoisotopic (exact) mass is 437 g/mol. The van der Waals surface area contributed by atoms with Gasteiger partial charge in [0.15, 0.2) is 5.78 Å². The average molecular weight is 438 g/mol. The highest BCUT2D eigenvalue weighted by molar-refractivity contribution is 7.89. The molecule has 9 nitrogen and oxygen atoms in total. The van der Waals surface area contributed by atoms with Crippen molar-refractivity contribution in [3.05, 3.63) is 51.2 Å². The zero-order chi connectivity index (χ0) is 22.6. The fourth-order valence-corrected chi connectivity index (χ4v) is 4.79. The molecule has 2 aromatic rings. The second kappa shape index (κ2) is 9.40. The molecule has 0 saturated carbocycles. The number of Topliss-reactive ketones (excluding diaryl/α,β-unsaturated/α-hetero) is 1. The third kappa shape index (κ3) is 4.54. The third-order valence-corrected chi connectivity index (χ3v) is 6.84. The molecule has 0 aliphatic heterocycles. The highest BCUT2D eigenvalue weighted by atomic mass is 32.2. The van der Waals surface area contributed by atoms with Crippen molar-refractivity contribution in [2.75, 3.05) is 19.7 Å². The molecule has 30 heavy (non-hydrogen) atoms. The Bertz CT molecular complexity index is 1110. The minimum absolute atomic E-state index is 0.0617. The minimum Gasteiger partial charge on any atom is -0.461 e. The number of pyridine rings is 1. The van der Waals surface area contributed by atoms with Gasteiger partial charge in [-0.2, -0.15) is 4.31 Å². The zero-order valence-electron chi connectivity index (χ0n) is 17.8. The summed E-state index contributed by atoms with van der Waals surface area (Å²) in [5, 5.41) is 0. The summed E-state index contributed by atoms with van der Waals surface area (Å²) in [4.78, 5) is 40.0. The van der Waals surface area contributed by atoms with Crippen LogP contribution in [0, 0.1) is 13.8 Å². The summed E-state index contributed by atoms with van der Waals surface area (Å²) in [6, 6.07) is 2.37. The fraction of sp³-hybridized carbons (Fsp3) is 0.450. The maximum absolute atomic E-state index is 12.9. The van der Waals surface area contributed by atoms with Crippen LogP contribution in [-0.2, 0) is 21.3 Å². The van der Waals surface area contributed by atoms with Gasteiger partial charge in [-0.3, -0.25) is 9.59 Å². The normalized spacial score (nSPS) is 11.7. The summed E-state index contributed by atoms with van der Waals surface area (Å²) >= 11 is 0. The van der Waals surface area contributed by atoms with Crippen LogP contribution in [0.1, 0.15) is 52.9 Å². The van der Waals surface area contributed by atoms with Crippen molar-refractivity contribution in [1.29, 1.82) is 0 Å². The second-order valence-corrected chi connectivity index (χ2v) is 8.63. The number of ketones is 1. The Labute approximate surface area is 175 Å². The van der Waals surface area contributed by atoms with E-state index in [1.165, 1.54) is 16.6 Å². The molecule has 10 heteroatoms. The van der Waals surface area contributed by atoms with Crippen LogP contribution in [-0.4, -0.2) is 53.7 Å². The maximum Gasteiger partial charge on any atom is 0.355 e. The van der Waals surface area contributed by atoms with Gasteiger partial charge in [-0.05, 0) is 32.4 Å². The molecule has 2 aromatic heterocycles. The first-order valence-electron chi connectivity index (χ1n) is 9.68. The summed E-state index contributed by atoms with van der Waals surface area (Å²) in [7, 11) is -3.78. The van der Waals surface area contributed by atoms with E-state index < -0.39 is 27.3 Å². The number of nitrogens with zero attached hydrogens (tertiary/aromatic N) is 2. The van der Waals surface area contributed by atoms with Gasteiger partial charge in [0, 0.05) is 36.6 Å². The maximum atomic E-state index is 12.9. The van der Waals surface area contributed by atoms with Gasteiger partial charge in [0.25, 0.3) is 5.56 Å². The van der Waals surface area contributed by atoms with Crippen molar-refractivity contribution < 1.29 is 22.7 Å². The van der Waals surface area contributed by atoms with Crippen LogP contribution in [0.2, 0.25) is 0 Å². The van der Waals surface area contributed by atoms with E-state index in [-0.39, 0.29) is 42.4 Å². The lowest BCUT2D eigenvalue weighted by atomic mass is 10.1. The molecule has 0 bridgehead atoms. The summed E-state index contributed by atoms with van der Waals surface area (Å²) in [6.45, 7) is 8.80. The number of hydrogen-bond acceptors (Lipinski definition) is 6. The van der Waals surface area contributed by atoms with Crippen LogP contribution in [0.5, 0.6) is 0 Å². The van der Waals surface area contributed by atoms with E-state index in [1.54, 1.807) is 34.6 Å². The van der Waals surface area contributed by atoms with E-state index in [1.807, 2.05) is 0 Å². The molecule has 2 rings (SSSR count). The Hall–Kier alpha value is -2.72. The number of hydrogen-bond donors (Lipinski definition) is 1. The summed E-state index contributed by atoms with van der Waals surface area (Å²) in [5.74, 6) is -0.988. The van der Waals surface area contributed by atoms with E-state index in [4.69, 9.17) is 4.74 Å². The van der Waals surface area contributed by atoms with Crippen LogP contribution in [0.3, 0.4) is 0 Å². The van der Waals surface area contributed by atoms with Gasteiger partial charge in [-0.15, -0.1) is 0 Å². The number of carbonyl (C=O) groups excluding carboxylic acids is 2. The lowest BCUT2D eigenvalue weighted by Crippen LogP contribution is -2.32. The fourth-order valence-electron chi connectivity index (χ4n) is 3.31. The lowest BCUT2D eigenvalue weighted by Gasteiger charge is -2.19. The Kier molecular flexibility index (Phi) is 7.38. The van der Waals surface area contributed by atoms with Crippen LogP contribution in [0.25, 0.3) is 0 Å². The second-order valence-electron chi connectivity index (χ2n) is 6.69. The number of ether oxygens (including phenoxy) is 1. The first-order chi connectivity index (χ1) is 14.1. The van der Waals surface area contributed by atoms with Gasteiger partial charge >= 0.3 is 5.97 Å². The van der Waals surface area contributed by atoms with E-state index in [0.29, 0.717) is 11.3 Å². The molecule has 0 aliphatic rings. The highest BCUT2D eigenvalue weighted by Crippen LogP contribution is 2.20. The number of aromatic nitrogens is 2. The number of H-pyrrole nitrogens is 1. The standard InChI is InChI=1S/C20H27N3O6S/c1-6-23(7-2)30(27,28)15-9-10-17(25)22(11-15)12-16(24)18-13(4)19(21-14(18)5)20(26)29-8-3/h9-11,21H,6-8,12H2,1-5H3. The van der Waals surface area contributed by atoms with Gasteiger partial charge in [-0.25, -0.2) is 13.2 Å². The number of rotatable bonds is 9. The number of aryl methyl sites for hydroxylation is 1. The Morgan fingerprint density at radius 2 is 1.77 bits per heavy atom. The molecule has 0 aliphatic carbocycles. The van der Waals surface area contributed by atoms with Crippen LogP contribution in [0.4, 0.5) is 0 Å². The molecule has 0 atom stereocenters. The minimum atomic E-state index is -3.78. The number of nitrogens with one attached hydrogen (secondary N) is 1. The van der Waals surface area contributed by atoms with E-state index >= 15 is 0 Å². The molecular formula is C20H27N3O6S. The molecule has 0 unspecified atom stereocenters. The first-order valence-corrected chi connectivity index (χ1v) is 11.1. The Morgan fingerprint density at radius 3 is 2.33 bits per heavy atom. The van der Waals surface area contributed by atoms with Gasteiger partial charge in [-0.1, -0.05) is 13.8 Å². The summed E-state index contributed by atoms with van der Waals surface area (Å²) in [6.07, 6.45) is 1.18. The third-order valence-electron chi connectivity index (χ3n) is 4.81. The van der Waals surface area contributed by atoms with Gasteiger partial charge < -0.3 is 14.3 Å². The Morgan fingerprint density at radius 1 is 1.13 bits per heavy atom. The van der Waals surface area contributed by atoms with Crippen LogP contribution < -0.4 is 5.56 Å². The molecule has 0 radical (unpaired) electrons. The van der Waals surface area contributed by atoms with E-state index in [2.05, 4.69) is 4.98 Å². The molecule has 0 spiro atoms. The molecule has 0 fully saturated rings. The van der Waals surface area contributed by atoms with Crippen molar-refractivity contribution in [3.63, 3.8) is 0 Å². The predicted molar refractivity (Wildman–Crippen MR) is 111 cm³/mol. The molecule has 0 saturated heterocycles. The quantitative estimate of drug-likeness (QED) is 0.473. The van der Waals surface area contributed by atoms with Crippen LogP contribution >= 0.6 is 0 Å². The van der Waals surface area contributed by atoms with Crippen LogP contribution in [0.15, 0.2) is 28.0 Å². The van der Waals surface area contributed by atoms with Gasteiger partial charge in [0.2, 0.25) is 10.0 Å². The summed E-state index contributed by atoms with van der Waals surface area (Å²) < 4.78 is 32.8. The van der Waals surface area contributed by atoms with E-state index in [0.717, 1.165) is 10.6 Å². The SMILES string of the molecule is CCOC(=O)c1[nH]c(C)c(C(=O)Cn2cc(S(=O)(=O)N(CC)CC)ccc2=O)c1C. The molecule has 0 amide bonds. The predicted octanol–water partition coefficient (Wildman–Crippen LogP) is 1.88. The number of carbonyl (C=O) groups is 2. The van der Waals surface area contributed by atoms with Crippen molar-refractivity contribution >= 4 is 21.8 Å². The largest absolute Gasteiger partial charge is 0.461 e.